The van der Waals surface area contributed by atoms with Crippen LogP contribution in [0, 0.1) is 24.6 Å². The quantitative estimate of drug-likeness (QED) is 0.327. The molecule has 0 spiro atoms. The third kappa shape index (κ3) is 5.12. The summed E-state index contributed by atoms with van der Waals surface area (Å²) in [5.74, 6) is 2.64. The number of benzene rings is 2. The molecule has 1 aliphatic carbocycles. The zero-order valence-electron chi connectivity index (χ0n) is 22.8. The van der Waals surface area contributed by atoms with Crippen molar-refractivity contribution in [3.63, 3.8) is 0 Å². The van der Waals surface area contributed by atoms with E-state index in [9.17, 15) is 9.18 Å². The molecule has 0 N–H and O–H groups in total. The van der Waals surface area contributed by atoms with E-state index in [2.05, 4.69) is 30.9 Å². The number of halogens is 1. The van der Waals surface area contributed by atoms with Crippen LogP contribution in [0.4, 0.5) is 10.2 Å². The van der Waals surface area contributed by atoms with Gasteiger partial charge in [-0.3, -0.25) is 4.79 Å². The first-order chi connectivity index (χ1) is 18.9. The lowest BCUT2D eigenvalue weighted by Crippen LogP contribution is -2.49. The molecule has 1 amide bonds. The molecule has 202 valence electrons. The topological polar surface area (TPSA) is 67.2 Å². The molecule has 1 aliphatic heterocycles. The number of carbonyl (C=O) groups is 1. The summed E-state index contributed by atoms with van der Waals surface area (Å²) in [4.78, 5) is 27.6. The molecule has 0 radical (unpaired) electrons. The van der Waals surface area contributed by atoms with Crippen LogP contribution in [0.3, 0.4) is 0 Å². The fourth-order valence-corrected chi connectivity index (χ4v) is 5.64. The minimum atomic E-state index is -0.284. The van der Waals surface area contributed by atoms with Gasteiger partial charge in [-0.15, -0.1) is 0 Å². The van der Waals surface area contributed by atoms with Crippen LogP contribution >= 0.6 is 0 Å². The second-order valence-corrected chi connectivity index (χ2v) is 11.2. The minimum Gasteiger partial charge on any atom is -0.352 e. The van der Waals surface area contributed by atoms with Gasteiger partial charge in [-0.25, -0.2) is 19.0 Å². The van der Waals surface area contributed by atoms with E-state index in [1.54, 1.807) is 16.8 Å². The molecule has 2 fully saturated rings. The summed E-state index contributed by atoms with van der Waals surface area (Å²) < 4.78 is 15.4. The van der Waals surface area contributed by atoms with Gasteiger partial charge in [0.2, 0.25) is 5.91 Å². The van der Waals surface area contributed by atoms with Crippen LogP contribution in [0.25, 0.3) is 16.7 Å². The van der Waals surface area contributed by atoms with Gasteiger partial charge >= 0.3 is 0 Å². The van der Waals surface area contributed by atoms with Crippen molar-refractivity contribution in [2.24, 2.45) is 11.8 Å². The molecule has 4 aromatic rings. The molecule has 1 saturated carbocycles. The lowest BCUT2D eigenvalue weighted by atomic mass is 10.1. The van der Waals surface area contributed by atoms with E-state index in [0.717, 1.165) is 53.3 Å². The third-order valence-corrected chi connectivity index (χ3v) is 7.97. The molecule has 2 atom stereocenters. The molecule has 3 heterocycles. The summed E-state index contributed by atoms with van der Waals surface area (Å²) in [5.41, 5.74) is 3.61. The smallest absolute Gasteiger partial charge is 0.226 e. The summed E-state index contributed by atoms with van der Waals surface area (Å²) in [6.07, 6.45) is 2.70. The van der Waals surface area contributed by atoms with Gasteiger partial charge in [0.15, 0.2) is 5.65 Å². The maximum atomic E-state index is 13.6. The van der Waals surface area contributed by atoms with Crippen molar-refractivity contribution in [1.82, 2.24) is 24.6 Å². The summed E-state index contributed by atoms with van der Waals surface area (Å²) >= 11 is 0. The number of rotatable bonds is 7. The Morgan fingerprint density at radius 1 is 1.00 bits per heavy atom. The maximum absolute atomic E-state index is 13.6. The zero-order valence-corrected chi connectivity index (χ0v) is 22.8. The Bertz CT molecular complexity index is 1470. The summed E-state index contributed by atoms with van der Waals surface area (Å²) in [5, 5.41) is 5.71. The van der Waals surface area contributed by atoms with Crippen molar-refractivity contribution in [3.05, 3.63) is 77.5 Å². The molecule has 0 bridgehead atoms. The Morgan fingerprint density at radius 3 is 2.41 bits per heavy atom. The highest BCUT2D eigenvalue weighted by Gasteiger charge is 2.46. The standard InChI is InChI=1S/C31H35FN6O/c1-20(2)9-14-27-33-29(28-21(3)35-38(30(28)34-27)24-12-10-23(32)11-13-24)36-15-17-37(18-16-36)31(39)26-19-25(26)22-7-5-4-6-8-22/h4-8,10-13,20,25-26H,9,14-19H2,1-3H3/t25-,26?/m0/s1. The molecular formula is C31H35FN6O. The lowest BCUT2D eigenvalue weighted by molar-refractivity contribution is -0.133. The number of aryl methyl sites for hydroxylation is 2. The normalized spacial score (nSPS) is 19.2. The number of amides is 1. The van der Waals surface area contributed by atoms with Gasteiger partial charge in [-0.2, -0.15) is 5.10 Å². The molecule has 7 nitrogen and oxygen atoms in total. The second kappa shape index (κ2) is 10.4. The van der Waals surface area contributed by atoms with Crippen molar-refractivity contribution in [2.75, 3.05) is 31.1 Å². The van der Waals surface area contributed by atoms with Crippen LogP contribution in [0.2, 0.25) is 0 Å². The van der Waals surface area contributed by atoms with Crippen LogP contribution in [-0.4, -0.2) is 56.7 Å². The third-order valence-electron chi connectivity index (χ3n) is 7.97. The highest BCUT2D eigenvalue weighted by molar-refractivity contribution is 5.91. The molecule has 2 aromatic heterocycles. The van der Waals surface area contributed by atoms with Crippen LogP contribution in [0.1, 0.15) is 49.7 Å². The minimum absolute atomic E-state index is 0.100. The SMILES string of the molecule is Cc1nn(-c2ccc(F)cc2)c2nc(CCC(C)C)nc(N3CCN(C(=O)C4C[C@H]4c4ccccc4)CC3)c12. The van der Waals surface area contributed by atoms with Gasteiger partial charge in [-0.1, -0.05) is 44.2 Å². The van der Waals surface area contributed by atoms with Gasteiger partial charge in [0.25, 0.3) is 0 Å². The van der Waals surface area contributed by atoms with E-state index in [1.165, 1.54) is 17.7 Å². The Labute approximate surface area is 228 Å². The first-order valence-electron chi connectivity index (χ1n) is 14.0. The average Bonchev–Trinajstić information content (AvgIpc) is 3.69. The van der Waals surface area contributed by atoms with Crippen LogP contribution in [0.15, 0.2) is 54.6 Å². The molecular weight excluding hydrogens is 491 g/mol. The molecule has 1 unspecified atom stereocenters. The summed E-state index contributed by atoms with van der Waals surface area (Å²) in [6.45, 7) is 9.15. The highest BCUT2D eigenvalue weighted by Crippen LogP contribution is 2.48. The van der Waals surface area contributed by atoms with E-state index in [0.29, 0.717) is 38.0 Å². The van der Waals surface area contributed by atoms with E-state index < -0.39 is 0 Å². The Balaban J connectivity index is 1.25. The largest absolute Gasteiger partial charge is 0.352 e. The first kappa shape index (κ1) is 25.5. The van der Waals surface area contributed by atoms with Gasteiger partial charge in [0.1, 0.15) is 17.5 Å². The molecule has 2 aromatic carbocycles. The van der Waals surface area contributed by atoms with E-state index in [4.69, 9.17) is 15.1 Å². The number of hydrogen-bond acceptors (Lipinski definition) is 5. The van der Waals surface area contributed by atoms with Crippen molar-refractivity contribution in [3.8, 4) is 5.69 Å². The van der Waals surface area contributed by atoms with Crippen LogP contribution in [0.5, 0.6) is 0 Å². The number of piperazine rings is 1. The number of fused-ring (bicyclic) bond motifs is 1. The van der Waals surface area contributed by atoms with Crippen molar-refractivity contribution < 1.29 is 9.18 Å². The van der Waals surface area contributed by atoms with Crippen LogP contribution in [-0.2, 0) is 11.2 Å². The maximum Gasteiger partial charge on any atom is 0.226 e. The average molecular weight is 527 g/mol. The predicted molar refractivity (Wildman–Crippen MR) is 151 cm³/mol. The van der Waals surface area contributed by atoms with Crippen LogP contribution < -0.4 is 4.90 Å². The van der Waals surface area contributed by atoms with Crippen molar-refractivity contribution in [2.45, 2.75) is 46.0 Å². The summed E-state index contributed by atoms with van der Waals surface area (Å²) in [6, 6.07) is 16.7. The fraction of sp³-hybridized carbons (Fsp3) is 0.419. The van der Waals surface area contributed by atoms with E-state index >= 15 is 0 Å². The Morgan fingerprint density at radius 2 is 1.72 bits per heavy atom. The molecule has 1 saturated heterocycles. The second-order valence-electron chi connectivity index (χ2n) is 11.2. The summed E-state index contributed by atoms with van der Waals surface area (Å²) in [7, 11) is 0. The number of hydrogen-bond donors (Lipinski definition) is 0. The monoisotopic (exact) mass is 526 g/mol. The first-order valence-corrected chi connectivity index (χ1v) is 14.0. The van der Waals surface area contributed by atoms with Crippen molar-refractivity contribution in [1.29, 1.82) is 0 Å². The predicted octanol–water partition coefficient (Wildman–Crippen LogP) is 5.30. The highest BCUT2D eigenvalue weighted by atomic mass is 19.1. The number of nitrogens with zero attached hydrogens (tertiary/aromatic N) is 6. The van der Waals surface area contributed by atoms with Gasteiger partial charge < -0.3 is 9.80 Å². The zero-order chi connectivity index (χ0) is 27.1. The van der Waals surface area contributed by atoms with Gasteiger partial charge in [0, 0.05) is 38.5 Å². The van der Waals surface area contributed by atoms with Gasteiger partial charge in [-0.05, 0) is 61.4 Å². The molecule has 39 heavy (non-hydrogen) atoms. The van der Waals surface area contributed by atoms with Crippen molar-refractivity contribution >= 4 is 22.8 Å². The Hall–Kier alpha value is -3.81. The number of aromatic nitrogens is 4. The molecule has 2 aliphatic rings. The Kier molecular flexibility index (Phi) is 6.79. The fourth-order valence-electron chi connectivity index (χ4n) is 5.64. The molecule has 6 rings (SSSR count). The number of carbonyl (C=O) groups excluding carboxylic acids is 1. The number of anilines is 1. The lowest BCUT2D eigenvalue weighted by Gasteiger charge is -2.36. The van der Waals surface area contributed by atoms with Gasteiger partial charge in [0.05, 0.1) is 16.8 Å². The van der Waals surface area contributed by atoms with E-state index in [1.807, 2.05) is 30.0 Å². The molecule has 8 heteroatoms. The van der Waals surface area contributed by atoms with E-state index in [-0.39, 0.29) is 17.6 Å².